The lowest BCUT2D eigenvalue weighted by atomic mass is 9.90. The Balaban J connectivity index is 0.000000166. The van der Waals surface area contributed by atoms with Gasteiger partial charge in [0.05, 0.1) is 16.6 Å². The minimum atomic E-state index is 1.02. The average molecular weight is 853 g/mol. The van der Waals surface area contributed by atoms with E-state index in [2.05, 4.69) is 243 Å². The van der Waals surface area contributed by atoms with E-state index < -0.39 is 0 Å². The van der Waals surface area contributed by atoms with Crippen LogP contribution in [0.15, 0.2) is 231 Å². The number of hydrogen-bond donors (Lipinski definition) is 0. The van der Waals surface area contributed by atoms with Crippen molar-refractivity contribution in [2.45, 2.75) is 40.5 Å². The summed E-state index contributed by atoms with van der Waals surface area (Å²) in [6.45, 7) is 12.1. The van der Waals surface area contributed by atoms with Gasteiger partial charge in [-0.1, -0.05) is 193 Å². The molecule has 0 saturated heterocycles. The van der Waals surface area contributed by atoms with Gasteiger partial charge in [0.2, 0.25) is 0 Å². The molecule has 66 heavy (non-hydrogen) atoms. The summed E-state index contributed by atoms with van der Waals surface area (Å²) in [5.41, 5.74) is 20.6. The van der Waals surface area contributed by atoms with E-state index in [-0.39, 0.29) is 0 Å². The Morgan fingerprint density at radius 2 is 1.00 bits per heavy atom. The second-order valence-electron chi connectivity index (χ2n) is 17.1. The van der Waals surface area contributed by atoms with Crippen molar-refractivity contribution in [1.82, 2.24) is 9.13 Å². The number of allylic oxidation sites excluding steroid dienone is 6. The fraction of sp³-hybridized carbons (Fsp3) is 0.0938. The van der Waals surface area contributed by atoms with Crippen molar-refractivity contribution < 1.29 is 0 Å². The van der Waals surface area contributed by atoms with Crippen LogP contribution in [0.4, 0.5) is 0 Å². The van der Waals surface area contributed by atoms with Crippen LogP contribution in [-0.4, -0.2) is 9.13 Å². The highest BCUT2D eigenvalue weighted by atomic mass is 15.0. The molecule has 8 aromatic carbocycles. The standard InChI is InChI=1S/C37H28N2.C14H16.C13H12/c1-25-16-19-35-31(22-25)33-24-27(18-21-37(33)39(35)29-12-6-3-7-13-29)26-17-20-36-32(23-26)30-14-8-9-15-34(30)38(36)28-10-4-2-5-11-28;1-4-6-13(7-5-2)14-10-8-12(3)9-11-14;1-11-7-9-13(10-8-11)12-5-3-2-4-6-12/h2-17,19-20,22-24H,18,21H2,1H3;4-11H,1H2,2-3H3;2-10H,1H3/b;7-5-,13-6+;. The van der Waals surface area contributed by atoms with E-state index in [4.69, 9.17) is 0 Å². The molecule has 2 nitrogen and oxygen atoms in total. The molecule has 0 fully saturated rings. The highest BCUT2D eigenvalue weighted by molar-refractivity contribution is 6.10. The summed E-state index contributed by atoms with van der Waals surface area (Å²) in [4.78, 5) is 0. The second-order valence-corrected chi connectivity index (χ2v) is 17.1. The predicted octanol–water partition coefficient (Wildman–Crippen LogP) is 17.3. The molecule has 0 spiro atoms. The Kier molecular flexibility index (Phi) is 13.0. The minimum Gasteiger partial charge on any atom is -0.313 e. The van der Waals surface area contributed by atoms with Gasteiger partial charge >= 0.3 is 0 Å². The van der Waals surface area contributed by atoms with Crippen LogP contribution in [0.3, 0.4) is 0 Å². The van der Waals surface area contributed by atoms with Crippen LogP contribution in [-0.2, 0) is 6.42 Å². The minimum absolute atomic E-state index is 1.02. The molecule has 0 amide bonds. The molecular weight excluding hydrogens is 797 g/mol. The summed E-state index contributed by atoms with van der Waals surface area (Å²) in [6, 6.07) is 71.7. The topological polar surface area (TPSA) is 9.86 Å². The predicted molar refractivity (Wildman–Crippen MR) is 286 cm³/mol. The van der Waals surface area contributed by atoms with Crippen LogP contribution in [0.2, 0.25) is 0 Å². The molecule has 0 atom stereocenters. The number of rotatable bonds is 7. The van der Waals surface area contributed by atoms with E-state index in [1.807, 2.05) is 31.2 Å². The van der Waals surface area contributed by atoms with Crippen LogP contribution >= 0.6 is 0 Å². The molecule has 0 aliphatic heterocycles. The Labute approximate surface area is 390 Å². The van der Waals surface area contributed by atoms with Gasteiger partial charge in [-0.3, -0.25) is 0 Å². The van der Waals surface area contributed by atoms with Crippen LogP contribution in [0.5, 0.6) is 0 Å². The molecule has 10 aromatic rings. The summed E-state index contributed by atoms with van der Waals surface area (Å²) < 4.78 is 4.85. The van der Waals surface area contributed by atoms with E-state index in [0.29, 0.717) is 0 Å². The van der Waals surface area contributed by atoms with Crippen molar-refractivity contribution in [2.24, 2.45) is 0 Å². The van der Waals surface area contributed by atoms with E-state index in [1.54, 1.807) is 0 Å². The SMILES string of the molecule is C=C/C=C(\C=C/C)c1ccc(C)cc1.Cc1ccc(-c2ccccc2)cc1.Cc1ccc2c(c1)c1c(n2-c2ccccc2)CCC(c2ccc3c(c2)c2ccccc2n3-c2ccccc2)=C1. The number of nitrogens with zero attached hydrogens (tertiary/aromatic N) is 2. The van der Waals surface area contributed by atoms with Crippen molar-refractivity contribution in [2.75, 3.05) is 0 Å². The summed E-state index contributed by atoms with van der Waals surface area (Å²) in [7, 11) is 0. The Morgan fingerprint density at radius 3 is 1.67 bits per heavy atom. The van der Waals surface area contributed by atoms with Gasteiger partial charge in [-0.2, -0.15) is 0 Å². The quantitative estimate of drug-likeness (QED) is 0.141. The lowest BCUT2D eigenvalue weighted by Crippen LogP contribution is -2.05. The maximum Gasteiger partial charge on any atom is 0.0541 e. The molecule has 1 aliphatic rings. The molecule has 0 unspecified atom stereocenters. The lowest BCUT2D eigenvalue weighted by Gasteiger charge is -2.18. The molecule has 0 bridgehead atoms. The molecule has 0 saturated carbocycles. The molecule has 2 aromatic heterocycles. The Bertz CT molecular complexity index is 3360. The zero-order valence-corrected chi connectivity index (χ0v) is 38.5. The van der Waals surface area contributed by atoms with Crippen LogP contribution in [0.1, 0.15) is 52.4 Å². The number of fused-ring (bicyclic) bond motifs is 6. The third-order valence-corrected chi connectivity index (χ3v) is 12.5. The maximum absolute atomic E-state index is 3.72. The third-order valence-electron chi connectivity index (χ3n) is 12.5. The first-order valence-electron chi connectivity index (χ1n) is 23.0. The maximum atomic E-state index is 3.72. The van der Waals surface area contributed by atoms with Crippen LogP contribution in [0, 0.1) is 20.8 Å². The number of aryl methyl sites for hydroxylation is 3. The average Bonchev–Trinajstić information content (AvgIpc) is 3.87. The molecule has 1 aliphatic carbocycles. The normalized spacial score (nSPS) is 12.3. The first kappa shape index (κ1) is 43.3. The molecular formula is C64H56N2. The van der Waals surface area contributed by atoms with Crippen LogP contribution < -0.4 is 0 Å². The number of para-hydroxylation sites is 3. The van der Waals surface area contributed by atoms with Crippen molar-refractivity contribution in [3.8, 4) is 22.5 Å². The highest BCUT2D eigenvalue weighted by Crippen LogP contribution is 2.41. The molecule has 11 rings (SSSR count). The van der Waals surface area contributed by atoms with Gasteiger partial charge in [0.15, 0.2) is 0 Å². The monoisotopic (exact) mass is 852 g/mol. The van der Waals surface area contributed by atoms with Gasteiger partial charge in [-0.15, -0.1) is 0 Å². The van der Waals surface area contributed by atoms with Crippen LogP contribution in [0.25, 0.3) is 72.4 Å². The number of benzene rings is 8. The fourth-order valence-electron chi connectivity index (χ4n) is 9.19. The summed E-state index contributed by atoms with van der Waals surface area (Å²) in [6.07, 6.45) is 12.5. The highest BCUT2D eigenvalue weighted by Gasteiger charge is 2.22. The van der Waals surface area contributed by atoms with Gasteiger partial charge in [0.25, 0.3) is 0 Å². The summed E-state index contributed by atoms with van der Waals surface area (Å²) in [5, 5.41) is 3.95. The summed E-state index contributed by atoms with van der Waals surface area (Å²) in [5.74, 6) is 0. The second kappa shape index (κ2) is 19.8. The van der Waals surface area contributed by atoms with E-state index in [0.717, 1.165) is 12.8 Å². The Morgan fingerprint density at radius 1 is 0.470 bits per heavy atom. The zero-order chi connectivity index (χ0) is 45.4. The number of aromatic nitrogens is 2. The van der Waals surface area contributed by atoms with Gasteiger partial charge in [-0.05, 0) is 135 Å². The first-order valence-corrected chi connectivity index (χ1v) is 23.0. The van der Waals surface area contributed by atoms with Crippen molar-refractivity contribution in [3.63, 3.8) is 0 Å². The molecule has 322 valence electrons. The molecule has 2 heteroatoms. The van der Waals surface area contributed by atoms with Gasteiger partial charge in [-0.25, -0.2) is 0 Å². The molecule has 0 radical (unpaired) electrons. The Hall–Kier alpha value is -7.94. The van der Waals surface area contributed by atoms with Gasteiger partial charge < -0.3 is 9.13 Å². The molecule has 2 heterocycles. The van der Waals surface area contributed by atoms with E-state index >= 15 is 0 Å². The smallest absolute Gasteiger partial charge is 0.0541 e. The fourth-order valence-corrected chi connectivity index (χ4v) is 9.19. The lowest BCUT2D eigenvalue weighted by molar-refractivity contribution is 0.898. The van der Waals surface area contributed by atoms with Crippen molar-refractivity contribution in [1.29, 1.82) is 0 Å². The zero-order valence-electron chi connectivity index (χ0n) is 38.5. The van der Waals surface area contributed by atoms with Gasteiger partial charge in [0.1, 0.15) is 0 Å². The van der Waals surface area contributed by atoms with Crippen molar-refractivity contribution >= 4 is 49.9 Å². The third kappa shape index (κ3) is 9.18. The van der Waals surface area contributed by atoms with Gasteiger partial charge in [0, 0.05) is 38.8 Å². The van der Waals surface area contributed by atoms with E-state index in [1.165, 1.54) is 105 Å². The van der Waals surface area contributed by atoms with Crippen molar-refractivity contribution in [3.05, 3.63) is 270 Å². The largest absolute Gasteiger partial charge is 0.313 e. The molecule has 0 N–H and O–H groups in total. The first-order chi connectivity index (χ1) is 32.4. The number of hydrogen-bond acceptors (Lipinski definition) is 0. The van der Waals surface area contributed by atoms with E-state index in [9.17, 15) is 0 Å². The summed E-state index contributed by atoms with van der Waals surface area (Å²) >= 11 is 0.